The molecule has 2 saturated heterocycles. The van der Waals surface area contributed by atoms with Crippen LogP contribution in [0.25, 0.3) is 0 Å². The molecule has 2 aliphatic heterocycles. The number of aromatic nitrogens is 1. The van der Waals surface area contributed by atoms with Gasteiger partial charge in [0.05, 0.1) is 11.2 Å². The zero-order valence-corrected chi connectivity index (χ0v) is 16.3. The number of hydrogen-bond donors (Lipinski definition) is 0. The minimum atomic E-state index is 0.365. The summed E-state index contributed by atoms with van der Waals surface area (Å²) in [5.41, 5.74) is 3.12. The maximum absolute atomic E-state index is 12.5. The average molecular weight is 376 g/mol. The minimum absolute atomic E-state index is 0.365. The lowest BCUT2D eigenvalue weighted by atomic mass is 9.83. The summed E-state index contributed by atoms with van der Waals surface area (Å²) in [7, 11) is 0. The molecule has 2 aromatic rings. The Balaban J connectivity index is 1.38. The van der Waals surface area contributed by atoms with E-state index in [1.54, 1.807) is 22.7 Å². The number of thiazole rings is 1. The van der Waals surface area contributed by atoms with Crippen LogP contribution in [0, 0.1) is 12.8 Å². The van der Waals surface area contributed by atoms with Gasteiger partial charge in [0.25, 0.3) is 0 Å². The second-order valence-corrected chi connectivity index (χ2v) is 9.14. The predicted molar refractivity (Wildman–Crippen MR) is 103 cm³/mol. The summed E-state index contributed by atoms with van der Waals surface area (Å²) >= 11 is 3.56. The molecule has 4 rings (SSSR count). The molecule has 0 saturated carbocycles. The molecule has 134 valence electrons. The summed E-state index contributed by atoms with van der Waals surface area (Å²) in [6.07, 6.45) is 3.88. The smallest absolute Gasteiger partial charge is 0.222 e. The van der Waals surface area contributed by atoms with Gasteiger partial charge in [-0.3, -0.25) is 9.69 Å². The van der Waals surface area contributed by atoms with Gasteiger partial charge in [0.2, 0.25) is 5.91 Å². The van der Waals surface area contributed by atoms with Crippen LogP contribution in [0.4, 0.5) is 0 Å². The van der Waals surface area contributed by atoms with E-state index in [0.717, 1.165) is 51.9 Å². The van der Waals surface area contributed by atoms with Gasteiger partial charge in [0, 0.05) is 48.4 Å². The van der Waals surface area contributed by atoms with E-state index in [1.165, 1.54) is 15.4 Å². The zero-order valence-electron chi connectivity index (χ0n) is 14.7. The summed E-state index contributed by atoms with van der Waals surface area (Å²) in [5, 5.41) is 2.12. The van der Waals surface area contributed by atoms with E-state index in [2.05, 4.69) is 39.2 Å². The van der Waals surface area contributed by atoms with Crippen LogP contribution in [-0.2, 0) is 17.8 Å². The first-order chi connectivity index (χ1) is 12.2. The highest BCUT2D eigenvalue weighted by Crippen LogP contribution is 2.32. The number of fused-ring (bicyclic) bond motifs is 1. The van der Waals surface area contributed by atoms with E-state index in [1.807, 2.05) is 5.51 Å². The van der Waals surface area contributed by atoms with Crippen LogP contribution in [-0.4, -0.2) is 46.4 Å². The van der Waals surface area contributed by atoms with Crippen molar-refractivity contribution in [1.29, 1.82) is 0 Å². The molecule has 0 aromatic carbocycles. The second kappa shape index (κ2) is 7.56. The molecule has 0 aliphatic carbocycles. The van der Waals surface area contributed by atoms with Gasteiger partial charge in [-0.1, -0.05) is 6.07 Å². The fourth-order valence-corrected chi connectivity index (χ4v) is 5.74. The van der Waals surface area contributed by atoms with Gasteiger partial charge < -0.3 is 4.90 Å². The summed E-state index contributed by atoms with van der Waals surface area (Å²) < 4.78 is 0. The van der Waals surface area contributed by atoms with Crippen LogP contribution in [0.3, 0.4) is 0 Å². The van der Waals surface area contributed by atoms with E-state index < -0.39 is 0 Å². The van der Waals surface area contributed by atoms with E-state index in [-0.39, 0.29) is 0 Å². The Bertz CT molecular complexity index is 712. The quantitative estimate of drug-likeness (QED) is 0.802. The summed E-state index contributed by atoms with van der Waals surface area (Å²) in [6, 6.07) is 4.72. The number of rotatable bonds is 5. The van der Waals surface area contributed by atoms with Crippen molar-refractivity contribution in [3.63, 3.8) is 0 Å². The lowest BCUT2D eigenvalue weighted by molar-refractivity contribution is -0.141. The van der Waals surface area contributed by atoms with E-state index in [9.17, 15) is 4.79 Å². The van der Waals surface area contributed by atoms with Crippen molar-refractivity contribution in [1.82, 2.24) is 14.8 Å². The summed E-state index contributed by atoms with van der Waals surface area (Å²) in [4.78, 5) is 24.4. The van der Waals surface area contributed by atoms with Crippen molar-refractivity contribution < 1.29 is 4.79 Å². The maximum Gasteiger partial charge on any atom is 0.222 e. The molecule has 25 heavy (non-hydrogen) atoms. The van der Waals surface area contributed by atoms with Gasteiger partial charge in [-0.2, -0.15) is 0 Å². The highest BCUT2D eigenvalue weighted by Gasteiger charge is 2.39. The lowest BCUT2D eigenvalue weighted by Crippen LogP contribution is -2.56. The third-order valence-corrected chi connectivity index (χ3v) is 7.47. The molecule has 0 unspecified atom stereocenters. The summed E-state index contributed by atoms with van der Waals surface area (Å²) in [5.74, 6) is 0.993. The molecule has 4 nitrogen and oxygen atoms in total. The number of hydrogen-bond acceptors (Lipinski definition) is 5. The van der Waals surface area contributed by atoms with Gasteiger partial charge >= 0.3 is 0 Å². The molecular formula is C19H25N3OS2. The molecule has 1 amide bonds. The Morgan fingerprint density at radius 3 is 3.00 bits per heavy atom. The second-order valence-electron chi connectivity index (χ2n) is 7.17. The number of carbonyl (C=O) groups excluding carboxylic acids is 1. The van der Waals surface area contributed by atoms with Crippen molar-refractivity contribution >= 4 is 28.6 Å². The fourth-order valence-electron chi connectivity index (χ4n) is 4.23. The van der Waals surface area contributed by atoms with Crippen molar-refractivity contribution in [3.8, 4) is 0 Å². The van der Waals surface area contributed by atoms with E-state index in [4.69, 9.17) is 0 Å². The molecule has 2 fully saturated rings. The third-order valence-electron chi connectivity index (χ3n) is 5.62. The Hall–Kier alpha value is -1.24. The number of piperidine rings is 2. The largest absolute Gasteiger partial charge is 0.339 e. The Kier molecular flexibility index (Phi) is 5.20. The molecule has 2 atom stereocenters. The number of aryl methyl sites for hydroxylation is 1. The topological polar surface area (TPSA) is 36.4 Å². The molecule has 2 aliphatic rings. The SMILES string of the molecule is Cc1ncsc1CN1CC[C@@H]2[C@@H](CCC(=O)N2CCc2cccs2)C1. The van der Waals surface area contributed by atoms with Crippen LogP contribution in [0.1, 0.15) is 34.7 Å². The number of nitrogens with zero attached hydrogens (tertiary/aromatic N) is 3. The van der Waals surface area contributed by atoms with Gasteiger partial charge in [-0.05, 0) is 43.6 Å². The van der Waals surface area contributed by atoms with Gasteiger partial charge in [-0.25, -0.2) is 4.98 Å². The van der Waals surface area contributed by atoms with Crippen molar-refractivity contribution in [2.75, 3.05) is 19.6 Å². The highest BCUT2D eigenvalue weighted by molar-refractivity contribution is 7.10. The number of thiophene rings is 1. The van der Waals surface area contributed by atoms with Crippen LogP contribution >= 0.6 is 22.7 Å². The number of carbonyl (C=O) groups is 1. The molecule has 4 heterocycles. The fraction of sp³-hybridized carbons (Fsp3) is 0.579. The normalized spacial score (nSPS) is 24.5. The molecule has 0 spiro atoms. The average Bonchev–Trinajstić information content (AvgIpc) is 3.26. The van der Waals surface area contributed by atoms with Crippen LogP contribution < -0.4 is 0 Å². The van der Waals surface area contributed by atoms with Gasteiger partial charge in [-0.15, -0.1) is 22.7 Å². The lowest BCUT2D eigenvalue weighted by Gasteiger charge is -2.47. The van der Waals surface area contributed by atoms with E-state index in [0.29, 0.717) is 17.9 Å². The monoisotopic (exact) mass is 375 g/mol. The number of amides is 1. The zero-order chi connectivity index (χ0) is 17.2. The Morgan fingerprint density at radius 2 is 2.24 bits per heavy atom. The van der Waals surface area contributed by atoms with E-state index >= 15 is 0 Å². The Morgan fingerprint density at radius 1 is 1.32 bits per heavy atom. The minimum Gasteiger partial charge on any atom is -0.339 e. The van der Waals surface area contributed by atoms with Crippen LogP contribution in [0.15, 0.2) is 23.0 Å². The van der Waals surface area contributed by atoms with Crippen molar-refractivity contribution in [2.24, 2.45) is 5.92 Å². The molecule has 0 bridgehead atoms. The first-order valence-electron chi connectivity index (χ1n) is 9.14. The molecule has 0 N–H and O–H groups in total. The predicted octanol–water partition coefficient (Wildman–Crippen LogP) is 3.57. The van der Waals surface area contributed by atoms with Gasteiger partial charge in [0.15, 0.2) is 0 Å². The Labute approximate surface area is 157 Å². The molecule has 2 aromatic heterocycles. The standard InChI is InChI=1S/C19H25N3OS2/c1-14-18(25-13-20-14)12-21-8-7-17-15(11-21)4-5-19(23)22(17)9-6-16-3-2-10-24-16/h2-3,10,13,15,17H,4-9,11-12H2,1H3/t15-,17+/m0/s1. The third kappa shape index (κ3) is 3.81. The maximum atomic E-state index is 12.5. The molecular weight excluding hydrogens is 350 g/mol. The van der Waals surface area contributed by atoms with Crippen LogP contribution in [0.2, 0.25) is 0 Å². The molecule has 6 heteroatoms. The molecule has 0 radical (unpaired) electrons. The highest BCUT2D eigenvalue weighted by atomic mass is 32.1. The number of likely N-dealkylation sites (tertiary alicyclic amines) is 2. The van der Waals surface area contributed by atoms with Crippen molar-refractivity contribution in [3.05, 3.63) is 38.5 Å². The first kappa shape index (κ1) is 17.2. The van der Waals surface area contributed by atoms with Gasteiger partial charge in [0.1, 0.15) is 0 Å². The van der Waals surface area contributed by atoms with Crippen LogP contribution in [0.5, 0.6) is 0 Å². The summed E-state index contributed by atoms with van der Waals surface area (Å²) in [6.45, 7) is 6.20. The van der Waals surface area contributed by atoms with Crippen molar-refractivity contribution in [2.45, 2.75) is 45.2 Å². The first-order valence-corrected chi connectivity index (χ1v) is 10.9.